The predicted molar refractivity (Wildman–Crippen MR) is 114 cm³/mol. The highest BCUT2D eigenvalue weighted by atomic mass is 16.6. The molecule has 0 aromatic carbocycles. The van der Waals surface area contributed by atoms with Crippen LogP contribution in [0, 0.1) is 0 Å². The molecule has 28 heavy (non-hydrogen) atoms. The fourth-order valence-corrected chi connectivity index (χ4v) is 3.91. The lowest BCUT2D eigenvalue weighted by Gasteiger charge is -2.20. The van der Waals surface area contributed by atoms with E-state index in [2.05, 4.69) is 6.92 Å². The van der Waals surface area contributed by atoms with Gasteiger partial charge in [-0.25, -0.2) is 0 Å². The van der Waals surface area contributed by atoms with Gasteiger partial charge in [-0.15, -0.1) is 0 Å². The fraction of sp³-hybridized carbons (Fsp3) is 1.00. The Balaban J connectivity index is 1.80. The SMILES string of the molecule is CCCCCCCCCCCCCCCCCO[C@H]1CO[C@@H]([C@H](O)CO)[C@H]1O. The van der Waals surface area contributed by atoms with Crippen LogP contribution in [-0.2, 0) is 9.47 Å². The molecule has 3 N–H and O–H groups in total. The van der Waals surface area contributed by atoms with E-state index in [4.69, 9.17) is 14.6 Å². The smallest absolute Gasteiger partial charge is 0.114 e. The van der Waals surface area contributed by atoms with E-state index in [0.29, 0.717) is 6.61 Å². The summed E-state index contributed by atoms with van der Waals surface area (Å²) in [6.45, 7) is 2.76. The minimum Gasteiger partial charge on any atom is -0.394 e. The lowest BCUT2D eigenvalue weighted by atomic mass is 10.0. The molecule has 1 heterocycles. The third kappa shape index (κ3) is 11.7. The third-order valence-corrected chi connectivity index (χ3v) is 5.82. The fourth-order valence-electron chi connectivity index (χ4n) is 3.91. The van der Waals surface area contributed by atoms with Crippen molar-refractivity contribution in [1.29, 1.82) is 0 Å². The molecule has 1 saturated heterocycles. The predicted octanol–water partition coefficient (Wildman–Crippen LogP) is 4.36. The first-order chi connectivity index (χ1) is 13.7. The summed E-state index contributed by atoms with van der Waals surface area (Å²) in [4.78, 5) is 0. The molecule has 0 aromatic heterocycles. The van der Waals surface area contributed by atoms with Crippen molar-refractivity contribution in [2.45, 2.75) is 128 Å². The van der Waals surface area contributed by atoms with Gasteiger partial charge in [0.15, 0.2) is 0 Å². The van der Waals surface area contributed by atoms with Gasteiger partial charge in [0.2, 0.25) is 0 Å². The van der Waals surface area contributed by atoms with Crippen molar-refractivity contribution >= 4 is 0 Å². The third-order valence-electron chi connectivity index (χ3n) is 5.82. The maximum atomic E-state index is 10.1. The quantitative estimate of drug-likeness (QED) is 0.280. The minimum atomic E-state index is -1.05. The molecule has 0 saturated carbocycles. The standard InChI is InChI=1S/C23H46O5/c1-2-3-4-5-6-7-8-9-10-11-12-13-14-15-16-17-27-21-19-28-23(22(21)26)20(25)18-24/h20-26H,2-19H2,1H3/t20-,21+,22+,23+/m1/s1. The van der Waals surface area contributed by atoms with Crippen LogP contribution in [0.5, 0.6) is 0 Å². The average molecular weight is 403 g/mol. The molecule has 1 fully saturated rings. The first-order valence-electron chi connectivity index (χ1n) is 11.9. The van der Waals surface area contributed by atoms with Gasteiger partial charge < -0.3 is 24.8 Å². The lowest BCUT2D eigenvalue weighted by Crippen LogP contribution is -2.41. The van der Waals surface area contributed by atoms with E-state index < -0.39 is 31.0 Å². The van der Waals surface area contributed by atoms with Crippen LogP contribution in [0.2, 0.25) is 0 Å². The monoisotopic (exact) mass is 402 g/mol. The first-order valence-corrected chi connectivity index (χ1v) is 11.9. The van der Waals surface area contributed by atoms with Crippen LogP contribution in [0.3, 0.4) is 0 Å². The summed E-state index contributed by atoms with van der Waals surface area (Å²) < 4.78 is 11.0. The van der Waals surface area contributed by atoms with Crippen LogP contribution in [0.1, 0.15) is 103 Å². The van der Waals surface area contributed by atoms with Gasteiger partial charge in [-0.2, -0.15) is 0 Å². The van der Waals surface area contributed by atoms with E-state index in [1.54, 1.807) is 0 Å². The van der Waals surface area contributed by atoms with Crippen molar-refractivity contribution < 1.29 is 24.8 Å². The molecule has 0 radical (unpaired) electrons. The number of aliphatic hydroxyl groups excluding tert-OH is 3. The van der Waals surface area contributed by atoms with Gasteiger partial charge in [0.05, 0.1) is 13.2 Å². The van der Waals surface area contributed by atoms with Crippen LogP contribution < -0.4 is 0 Å². The van der Waals surface area contributed by atoms with Gasteiger partial charge in [0.1, 0.15) is 24.4 Å². The highest BCUT2D eigenvalue weighted by Crippen LogP contribution is 2.20. The zero-order valence-electron chi connectivity index (χ0n) is 18.2. The highest BCUT2D eigenvalue weighted by Gasteiger charge is 2.40. The van der Waals surface area contributed by atoms with Crippen LogP contribution in [-0.4, -0.2) is 59.6 Å². The Kier molecular flexibility index (Phi) is 16.3. The average Bonchev–Trinajstić information content (AvgIpc) is 3.07. The van der Waals surface area contributed by atoms with Gasteiger partial charge in [-0.3, -0.25) is 0 Å². The van der Waals surface area contributed by atoms with Crippen LogP contribution in [0.4, 0.5) is 0 Å². The molecule has 0 spiro atoms. The second-order valence-corrected chi connectivity index (χ2v) is 8.40. The van der Waals surface area contributed by atoms with Crippen molar-refractivity contribution in [2.24, 2.45) is 0 Å². The highest BCUT2D eigenvalue weighted by molar-refractivity contribution is 4.88. The van der Waals surface area contributed by atoms with Crippen LogP contribution in [0.15, 0.2) is 0 Å². The normalized spacial score (nSPS) is 23.4. The number of hydrogen-bond donors (Lipinski definition) is 3. The maximum absolute atomic E-state index is 10.1. The maximum Gasteiger partial charge on any atom is 0.114 e. The van der Waals surface area contributed by atoms with Crippen molar-refractivity contribution in [1.82, 2.24) is 0 Å². The van der Waals surface area contributed by atoms with Crippen molar-refractivity contribution in [3.05, 3.63) is 0 Å². The topological polar surface area (TPSA) is 79.2 Å². The minimum absolute atomic E-state index is 0.279. The Hall–Kier alpha value is -0.200. The van der Waals surface area contributed by atoms with Gasteiger partial charge >= 0.3 is 0 Å². The van der Waals surface area contributed by atoms with Crippen molar-refractivity contribution in [2.75, 3.05) is 19.8 Å². The number of ether oxygens (including phenoxy) is 2. The number of unbranched alkanes of at least 4 members (excludes halogenated alkanes) is 14. The molecule has 0 amide bonds. The Morgan fingerprint density at radius 3 is 1.75 bits per heavy atom. The van der Waals surface area contributed by atoms with Gasteiger partial charge in [0.25, 0.3) is 0 Å². The molecule has 0 unspecified atom stereocenters. The molecule has 0 aliphatic carbocycles. The van der Waals surface area contributed by atoms with Gasteiger partial charge in [0, 0.05) is 6.61 Å². The lowest BCUT2D eigenvalue weighted by molar-refractivity contribution is -0.0730. The summed E-state index contributed by atoms with van der Waals surface area (Å²) in [5.74, 6) is 0. The van der Waals surface area contributed by atoms with E-state index in [1.165, 1.54) is 83.5 Å². The Bertz CT molecular complexity index is 339. The zero-order valence-corrected chi connectivity index (χ0v) is 18.2. The summed E-state index contributed by atoms with van der Waals surface area (Å²) >= 11 is 0. The molecule has 4 atom stereocenters. The number of rotatable bonds is 19. The Morgan fingerprint density at radius 1 is 0.821 bits per heavy atom. The Morgan fingerprint density at radius 2 is 1.29 bits per heavy atom. The van der Waals surface area contributed by atoms with E-state index in [9.17, 15) is 10.2 Å². The molecule has 1 aliphatic rings. The second kappa shape index (κ2) is 17.6. The van der Waals surface area contributed by atoms with E-state index >= 15 is 0 Å². The van der Waals surface area contributed by atoms with E-state index in [-0.39, 0.29) is 6.61 Å². The summed E-state index contributed by atoms with van der Waals surface area (Å²) in [6, 6.07) is 0. The van der Waals surface area contributed by atoms with E-state index in [1.807, 2.05) is 0 Å². The molecular formula is C23H46O5. The second-order valence-electron chi connectivity index (χ2n) is 8.40. The Labute approximate surface area is 172 Å². The van der Waals surface area contributed by atoms with Crippen molar-refractivity contribution in [3.8, 4) is 0 Å². The first kappa shape index (κ1) is 25.8. The number of hydrogen-bond acceptors (Lipinski definition) is 5. The van der Waals surface area contributed by atoms with Gasteiger partial charge in [-0.1, -0.05) is 96.8 Å². The largest absolute Gasteiger partial charge is 0.394 e. The molecule has 5 nitrogen and oxygen atoms in total. The van der Waals surface area contributed by atoms with Crippen LogP contribution >= 0.6 is 0 Å². The zero-order chi connectivity index (χ0) is 20.5. The number of aliphatic hydroxyl groups is 3. The van der Waals surface area contributed by atoms with E-state index in [0.717, 1.165) is 12.8 Å². The summed E-state index contributed by atoms with van der Waals surface area (Å²) in [5.41, 5.74) is 0. The van der Waals surface area contributed by atoms with Crippen molar-refractivity contribution in [3.63, 3.8) is 0 Å². The summed E-state index contributed by atoms with van der Waals surface area (Å²) in [6.07, 6.45) is 17.0. The summed E-state index contributed by atoms with van der Waals surface area (Å²) in [7, 11) is 0. The summed E-state index contributed by atoms with van der Waals surface area (Å²) in [5, 5.41) is 28.6. The molecular weight excluding hydrogens is 356 g/mol. The molecule has 0 bridgehead atoms. The molecule has 168 valence electrons. The molecule has 1 aliphatic heterocycles. The molecule has 1 rings (SSSR count). The van der Waals surface area contributed by atoms with Gasteiger partial charge in [-0.05, 0) is 6.42 Å². The van der Waals surface area contributed by atoms with Crippen LogP contribution in [0.25, 0.3) is 0 Å². The molecule has 5 heteroatoms. The molecule has 0 aromatic rings.